The van der Waals surface area contributed by atoms with E-state index in [9.17, 15) is 9.59 Å². The Morgan fingerprint density at radius 1 is 0.731 bits per heavy atom. The van der Waals surface area contributed by atoms with Crippen LogP contribution in [0.5, 0.6) is 11.5 Å². The number of morpholine rings is 2. The number of methoxy groups -OCH3 is 2. The van der Waals surface area contributed by atoms with Crippen LogP contribution in [0, 0.1) is 0 Å². The number of thiocarbonyl (C=S) groups is 1. The van der Waals surface area contributed by atoms with Gasteiger partial charge in [-0.25, -0.2) is 4.98 Å². The number of thiazole rings is 1. The topological polar surface area (TPSA) is 127 Å². The third-order valence-electron chi connectivity index (χ3n) is 8.38. The van der Waals surface area contributed by atoms with E-state index in [2.05, 4.69) is 30.7 Å². The van der Waals surface area contributed by atoms with Gasteiger partial charge in [-0.3, -0.25) is 20.2 Å². The summed E-state index contributed by atoms with van der Waals surface area (Å²) < 4.78 is 22.7. The number of benzene rings is 4. The molecule has 2 aliphatic heterocycles. The fourth-order valence-corrected chi connectivity index (χ4v) is 6.95. The molecule has 5 aromatic rings. The van der Waals surface area contributed by atoms with Gasteiger partial charge in [-0.15, -0.1) is 0 Å². The highest BCUT2D eigenvalue weighted by Crippen LogP contribution is 2.39. The molecule has 0 spiro atoms. The van der Waals surface area contributed by atoms with Crippen molar-refractivity contribution in [3.8, 4) is 11.5 Å². The second kappa shape index (κ2) is 17.8. The fraction of sp³-hybridized carbons (Fsp3) is 0.263. The van der Waals surface area contributed by atoms with E-state index in [1.807, 2.05) is 54.6 Å². The molecule has 7 rings (SSSR count). The zero-order chi connectivity index (χ0) is 36.3. The molecule has 2 fully saturated rings. The third-order valence-corrected chi connectivity index (χ3v) is 9.58. The SMILES string of the molecule is COc1ccc(N2CCOCC2)c2sc(NC(=O)c3ccccc3)nc12.COc1ccc(N2CCOCC2)cc1NC(=S)NC(=O)c1ccccc1. The summed E-state index contributed by atoms with van der Waals surface area (Å²) in [6.45, 7) is 6.19. The van der Waals surface area contributed by atoms with Crippen LogP contribution in [-0.2, 0) is 9.47 Å². The molecule has 0 saturated carbocycles. The molecule has 0 radical (unpaired) electrons. The second-order valence-corrected chi connectivity index (χ2v) is 13.1. The van der Waals surface area contributed by atoms with Crippen molar-refractivity contribution in [2.24, 2.45) is 0 Å². The highest BCUT2D eigenvalue weighted by atomic mass is 32.1. The summed E-state index contributed by atoms with van der Waals surface area (Å²) in [4.78, 5) is 33.8. The van der Waals surface area contributed by atoms with Crippen molar-refractivity contribution < 1.29 is 28.5 Å². The van der Waals surface area contributed by atoms with Gasteiger partial charge in [0, 0.05) is 43.0 Å². The number of carbonyl (C=O) groups is 2. The molecular formula is C38H40N6O6S2. The molecule has 2 saturated heterocycles. The molecule has 3 N–H and O–H groups in total. The Hall–Kier alpha value is -5.28. The molecular weight excluding hydrogens is 701 g/mol. The predicted molar refractivity (Wildman–Crippen MR) is 210 cm³/mol. The number of nitrogens with one attached hydrogen (secondary N) is 3. The smallest absolute Gasteiger partial charge is 0.257 e. The first kappa shape index (κ1) is 36.5. The summed E-state index contributed by atoms with van der Waals surface area (Å²) in [6.07, 6.45) is 0. The van der Waals surface area contributed by atoms with Crippen molar-refractivity contribution in [1.29, 1.82) is 0 Å². The van der Waals surface area contributed by atoms with E-state index >= 15 is 0 Å². The van der Waals surface area contributed by atoms with E-state index < -0.39 is 0 Å². The summed E-state index contributed by atoms with van der Waals surface area (Å²) in [6, 6.07) is 27.9. The number of nitrogens with zero attached hydrogens (tertiary/aromatic N) is 3. The molecule has 12 nitrogen and oxygen atoms in total. The number of rotatable bonds is 8. The molecule has 0 unspecified atom stereocenters. The van der Waals surface area contributed by atoms with Gasteiger partial charge >= 0.3 is 0 Å². The Morgan fingerprint density at radius 2 is 1.31 bits per heavy atom. The number of aromatic nitrogens is 1. The predicted octanol–water partition coefficient (Wildman–Crippen LogP) is 6.05. The van der Waals surface area contributed by atoms with E-state index in [-0.39, 0.29) is 16.9 Å². The van der Waals surface area contributed by atoms with Crippen LogP contribution >= 0.6 is 23.6 Å². The van der Waals surface area contributed by atoms with Gasteiger partial charge in [0.15, 0.2) is 10.2 Å². The van der Waals surface area contributed by atoms with Crippen LogP contribution in [0.3, 0.4) is 0 Å². The van der Waals surface area contributed by atoms with Crippen molar-refractivity contribution in [3.63, 3.8) is 0 Å². The number of hydrogen-bond acceptors (Lipinski definition) is 11. The fourth-order valence-electron chi connectivity index (χ4n) is 5.73. The van der Waals surface area contributed by atoms with Crippen molar-refractivity contribution in [2.45, 2.75) is 0 Å². The van der Waals surface area contributed by atoms with Crippen LogP contribution in [0.15, 0.2) is 91.0 Å². The molecule has 270 valence electrons. The number of ether oxygens (including phenoxy) is 4. The van der Waals surface area contributed by atoms with Gasteiger partial charge in [0.2, 0.25) is 0 Å². The van der Waals surface area contributed by atoms with E-state index in [4.69, 9.17) is 31.2 Å². The Morgan fingerprint density at radius 3 is 1.92 bits per heavy atom. The lowest BCUT2D eigenvalue weighted by molar-refractivity contribution is 0.0976. The number of fused-ring (bicyclic) bond motifs is 1. The van der Waals surface area contributed by atoms with Crippen LogP contribution in [0.25, 0.3) is 10.2 Å². The first-order valence-electron chi connectivity index (χ1n) is 16.8. The zero-order valence-electron chi connectivity index (χ0n) is 28.9. The molecule has 4 aromatic carbocycles. The number of carbonyl (C=O) groups excluding carboxylic acids is 2. The second-order valence-electron chi connectivity index (χ2n) is 11.7. The van der Waals surface area contributed by atoms with Gasteiger partial charge in [-0.2, -0.15) is 0 Å². The maximum atomic E-state index is 12.4. The van der Waals surface area contributed by atoms with Crippen LogP contribution in [0.1, 0.15) is 20.7 Å². The average molecular weight is 741 g/mol. The van der Waals surface area contributed by atoms with Crippen LogP contribution in [-0.4, -0.2) is 88.7 Å². The van der Waals surface area contributed by atoms with Crippen LogP contribution < -0.4 is 35.2 Å². The minimum absolute atomic E-state index is 0.170. The first-order valence-corrected chi connectivity index (χ1v) is 18.0. The van der Waals surface area contributed by atoms with E-state index in [1.54, 1.807) is 50.6 Å². The maximum Gasteiger partial charge on any atom is 0.257 e. The molecule has 0 bridgehead atoms. The molecule has 2 aliphatic rings. The van der Waals surface area contributed by atoms with Gasteiger partial charge in [0.05, 0.1) is 56.7 Å². The lowest BCUT2D eigenvalue weighted by Gasteiger charge is -2.29. The summed E-state index contributed by atoms with van der Waals surface area (Å²) >= 11 is 6.75. The van der Waals surface area contributed by atoms with Crippen molar-refractivity contribution in [1.82, 2.24) is 10.3 Å². The summed E-state index contributed by atoms with van der Waals surface area (Å²) in [5.74, 6) is 0.926. The van der Waals surface area contributed by atoms with E-state index in [1.165, 1.54) is 11.3 Å². The van der Waals surface area contributed by atoms with Crippen molar-refractivity contribution in [2.75, 3.05) is 87.3 Å². The summed E-state index contributed by atoms with van der Waals surface area (Å²) in [5, 5.41) is 9.43. The lowest BCUT2D eigenvalue weighted by Crippen LogP contribution is -2.36. The monoisotopic (exact) mass is 740 g/mol. The molecule has 0 aliphatic carbocycles. The standard InChI is InChI=1S/C19H19N3O3S.C19H21N3O3S/c1-24-15-8-7-14(22-9-11-25-12-10-22)17-16(15)20-19(26-17)21-18(23)13-5-3-2-4-6-13;1-24-17-8-7-15(22-9-11-25-12-10-22)13-16(17)20-19(26)21-18(23)14-5-3-2-4-6-14/h2-8H,9-12H2,1H3,(H,20,21,23);2-8,13H,9-12H2,1H3,(H2,20,21,23,26). The maximum absolute atomic E-state index is 12.4. The molecule has 3 heterocycles. The van der Waals surface area contributed by atoms with Gasteiger partial charge in [-0.1, -0.05) is 47.7 Å². The minimum Gasteiger partial charge on any atom is -0.495 e. The molecule has 52 heavy (non-hydrogen) atoms. The third kappa shape index (κ3) is 9.14. The quantitative estimate of drug-likeness (QED) is 0.161. The van der Waals surface area contributed by atoms with E-state index in [0.717, 1.165) is 47.8 Å². The number of hydrogen-bond donors (Lipinski definition) is 3. The van der Waals surface area contributed by atoms with Gasteiger partial charge < -0.3 is 34.1 Å². The Balaban J connectivity index is 0.000000179. The molecule has 14 heteroatoms. The Labute approximate surface area is 311 Å². The van der Waals surface area contributed by atoms with Crippen molar-refractivity contribution in [3.05, 3.63) is 102 Å². The summed E-state index contributed by atoms with van der Waals surface area (Å²) in [7, 11) is 3.23. The Bertz CT molecular complexity index is 1980. The van der Waals surface area contributed by atoms with Crippen LogP contribution in [0.2, 0.25) is 0 Å². The van der Waals surface area contributed by atoms with Gasteiger partial charge in [0.25, 0.3) is 11.8 Å². The first-order chi connectivity index (χ1) is 25.4. The van der Waals surface area contributed by atoms with Gasteiger partial charge in [0.1, 0.15) is 17.0 Å². The lowest BCUT2D eigenvalue weighted by atomic mass is 10.2. The molecule has 1 aromatic heterocycles. The summed E-state index contributed by atoms with van der Waals surface area (Å²) in [5.41, 5.74) is 4.77. The minimum atomic E-state index is -0.258. The van der Waals surface area contributed by atoms with Crippen molar-refractivity contribution >= 4 is 72.9 Å². The number of amides is 2. The van der Waals surface area contributed by atoms with Gasteiger partial charge in [-0.05, 0) is 66.8 Å². The highest BCUT2D eigenvalue weighted by Gasteiger charge is 2.20. The van der Waals surface area contributed by atoms with Crippen LogP contribution in [0.4, 0.5) is 22.2 Å². The Kier molecular flexibility index (Phi) is 12.5. The largest absolute Gasteiger partial charge is 0.495 e. The highest BCUT2D eigenvalue weighted by molar-refractivity contribution is 7.80. The number of anilines is 4. The van der Waals surface area contributed by atoms with E-state index in [0.29, 0.717) is 59.9 Å². The molecule has 2 amide bonds. The molecule has 0 atom stereocenters. The normalized spacial score (nSPS) is 14.1. The zero-order valence-corrected chi connectivity index (χ0v) is 30.6. The average Bonchev–Trinajstić information content (AvgIpc) is 3.62.